The first-order valence-corrected chi connectivity index (χ1v) is 12.6. The zero-order chi connectivity index (χ0) is 25.5. The van der Waals surface area contributed by atoms with Crippen LogP contribution in [0.2, 0.25) is 0 Å². The van der Waals surface area contributed by atoms with E-state index in [4.69, 9.17) is 9.97 Å². The number of nitriles is 1. The maximum atomic E-state index is 9.25. The molecule has 1 heterocycles. The largest absolute Gasteiger partial charge is 0.236 e. The van der Waals surface area contributed by atoms with Gasteiger partial charge in [0.1, 0.15) is 0 Å². The van der Waals surface area contributed by atoms with Crippen LogP contribution < -0.4 is 0 Å². The van der Waals surface area contributed by atoms with Crippen LogP contribution in [0, 0.1) is 11.3 Å². The van der Waals surface area contributed by atoms with Gasteiger partial charge in [0.05, 0.1) is 17.1 Å². The molecule has 0 saturated carbocycles. The van der Waals surface area contributed by atoms with E-state index in [1.807, 2.05) is 54.7 Å². The second-order valence-corrected chi connectivity index (χ2v) is 9.43. The third kappa shape index (κ3) is 3.77. The average molecular weight is 484 g/mol. The molecule has 176 valence electrons. The SMILES string of the molecule is N#Cc1ccc(-c2cc(-c3ccc4cccc(-c5ncc6ccccc6n5)c4c3)cc3ccccc23)cc1. The van der Waals surface area contributed by atoms with E-state index in [0.717, 1.165) is 55.3 Å². The molecule has 3 heteroatoms. The van der Waals surface area contributed by atoms with E-state index >= 15 is 0 Å². The summed E-state index contributed by atoms with van der Waals surface area (Å²) in [5.41, 5.74) is 7.12. The second kappa shape index (κ2) is 8.96. The van der Waals surface area contributed by atoms with Gasteiger partial charge in [-0.15, -0.1) is 0 Å². The first kappa shape index (κ1) is 21.9. The van der Waals surface area contributed by atoms with Crippen molar-refractivity contribution in [2.24, 2.45) is 0 Å². The summed E-state index contributed by atoms with van der Waals surface area (Å²) in [6.07, 6.45) is 1.90. The molecule has 0 aliphatic carbocycles. The van der Waals surface area contributed by atoms with Crippen molar-refractivity contribution in [2.45, 2.75) is 0 Å². The Morgan fingerprint density at radius 1 is 0.526 bits per heavy atom. The average Bonchev–Trinajstić information content (AvgIpc) is 2.99. The summed E-state index contributed by atoms with van der Waals surface area (Å²) in [5.74, 6) is 0.725. The minimum absolute atomic E-state index is 0.659. The highest BCUT2D eigenvalue weighted by Crippen LogP contribution is 2.36. The lowest BCUT2D eigenvalue weighted by Gasteiger charge is -2.13. The van der Waals surface area contributed by atoms with E-state index in [1.165, 1.54) is 10.8 Å². The van der Waals surface area contributed by atoms with Gasteiger partial charge in [0.25, 0.3) is 0 Å². The minimum atomic E-state index is 0.659. The molecule has 0 amide bonds. The molecule has 0 radical (unpaired) electrons. The van der Waals surface area contributed by atoms with E-state index in [-0.39, 0.29) is 0 Å². The highest BCUT2D eigenvalue weighted by Gasteiger charge is 2.12. The van der Waals surface area contributed by atoms with Crippen molar-refractivity contribution >= 4 is 32.4 Å². The summed E-state index contributed by atoms with van der Waals surface area (Å²) in [5, 5.41) is 14.9. The zero-order valence-corrected chi connectivity index (χ0v) is 20.5. The van der Waals surface area contributed by atoms with Crippen LogP contribution in [-0.4, -0.2) is 9.97 Å². The number of rotatable bonds is 3. The predicted octanol–water partition coefficient (Wildman–Crippen LogP) is 8.81. The highest BCUT2D eigenvalue weighted by molar-refractivity contribution is 6.02. The fraction of sp³-hybridized carbons (Fsp3) is 0. The lowest BCUT2D eigenvalue weighted by atomic mass is 9.91. The van der Waals surface area contributed by atoms with Gasteiger partial charge >= 0.3 is 0 Å². The summed E-state index contributed by atoms with van der Waals surface area (Å²) in [6.45, 7) is 0. The molecule has 1 aromatic heterocycles. The van der Waals surface area contributed by atoms with Crippen LogP contribution in [0.4, 0.5) is 0 Å². The van der Waals surface area contributed by atoms with Gasteiger partial charge in [-0.3, -0.25) is 0 Å². The fourth-order valence-electron chi connectivity index (χ4n) is 5.19. The van der Waals surface area contributed by atoms with E-state index in [1.54, 1.807) is 0 Å². The Hall–Kier alpha value is -5.33. The van der Waals surface area contributed by atoms with Gasteiger partial charge < -0.3 is 0 Å². The third-order valence-corrected chi connectivity index (χ3v) is 7.13. The highest BCUT2D eigenvalue weighted by atomic mass is 14.9. The number of fused-ring (bicyclic) bond motifs is 3. The van der Waals surface area contributed by atoms with Crippen molar-refractivity contribution in [1.29, 1.82) is 5.26 Å². The van der Waals surface area contributed by atoms with E-state index in [2.05, 4.69) is 78.9 Å². The Labute approximate surface area is 220 Å². The molecule has 0 atom stereocenters. The molecule has 38 heavy (non-hydrogen) atoms. The van der Waals surface area contributed by atoms with Gasteiger partial charge in [-0.2, -0.15) is 5.26 Å². The Bertz CT molecular complexity index is 2030. The number of nitrogens with zero attached hydrogens (tertiary/aromatic N) is 3. The molecule has 0 fully saturated rings. The molecule has 0 aliphatic heterocycles. The standard InChI is InChI=1S/C35H21N3/c36-21-23-12-14-25(15-13-23)32-20-29(18-27-6-1-3-9-30(27)32)26-17-16-24-8-5-10-31(33(24)19-26)35-37-22-28-7-2-4-11-34(28)38-35/h1-20,22H. The lowest BCUT2D eigenvalue weighted by Crippen LogP contribution is -1.91. The Morgan fingerprint density at radius 2 is 1.29 bits per heavy atom. The number of para-hydroxylation sites is 1. The van der Waals surface area contributed by atoms with Crippen LogP contribution in [0.25, 0.3) is 66.1 Å². The lowest BCUT2D eigenvalue weighted by molar-refractivity contribution is 1.23. The van der Waals surface area contributed by atoms with E-state index in [0.29, 0.717) is 5.56 Å². The maximum absolute atomic E-state index is 9.25. The number of benzene rings is 6. The van der Waals surface area contributed by atoms with E-state index < -0.39 is 0 Å². The van der Waals surface area contributed by atoms with Gasteiger partial charge in [0, 0.05) is 17.1 Å². The number of hydrogen-bond donors (Lipinski definition) is 0. The smallest absolute Gasteiger partial charge is 0.160 e. The maximum Gasteiger partial charge on any atom is 0.160 e. The van der Waals surface area contributed by atoms with Crippen LogP contribution in [0.1, 0.15) is 5.56 Å². The monoisotopic (exact) mass is 483 g/mol. The Kier molecular flexibility index (Phi) is 5.17. The number of aromatic nitrogens is 2. The Balaban J connectivity index is 1.42. The van der Waals surface area contributed by atoms with Crippen LogP contribution in [-0.2, 0) is 0 Å². The van der Waals surface area contributed by atoms with Gasteiger partial charge in [0.15, 0.2) is 5.82 Å². The van der Waals surface area contributed by atoms with Gasteiger partial charge in [-0.25, -0.2) is 9.97 Å². The van der Waals surface area contributed by atoms with Crippen LogP contribution in [0.5, 0.6) is 0 Å². The van der Waals surface area contributed by atoms with Crippen molar-refractivity contribution in [1.82, 2.24) is 9.97 Å². The first-order chi connectivity index (χ1) is 18.8. The molecule has 0 N–H and O–H groups in total. The third-order valence-electron chi connectivity index (χ3n) is 7.13. The molecule has 0 spiro atoms. The molecule has 7 rings (SSSR count). The van der Waals surface area contributed by atoms with Crippen molar-refractivity contribution in [3.8, 4) is 39.7 Å². The normalized spacial score (nSPS) is 11.1. The topological polar surface area (TPSA) is 49.6 Å². The molecular formula is C35H21N3. The van der Waals surface area contributed by atoms with Crippen LogP contribution in [0.15, 0.2) is 128 Å². The summed E-state index contributed by atoms with van der Waals surface area (Å²) < 4.78 is 0. The summed E-state index contributed by atoms with van der Waals surface area (Å²) in [6, 6.07) is 43.9. The zero-order valence-electron chi connectivity index (χ0n) is 20.5. The molecule has 0 saturated heterocycles. The molecule has 0 unspecified atom stereocenters. The summed E-state index contributed by atoms with van der Waals surface area (Å²) >= 11 is 0. The van der Waals surface area contributed by atoms with E-state index in [9.17, 15) is 5.26 Å². The van der Waals surface area contributed by atoms with Gasteiger partial charge in [-0.1, -0.05) is 84.9 Å². The van der Waals surface area contributed by atoms with Crippen molar-refractivity contribution in [3.63, 3.8) is 0 Å². The molecule has 7 aromatic rings. The minimum Gasteiger partial charge on any atom is -0.236 e. The molecule has 6 aromatic carbocycles. The quantitative estimate of drug-likeness (QED) is 0.252. The van der Waals surface area contributed by atoms with Gasteiger partial charge in [0.2, 0.25) is 0 Å². The summed E-state index contributed by atoms with van der Waals surface area (Å²) in [7, 11) is 0. The van der Waals surface area contributed by atoms with Gasteiger partial charge in [-0.05, 0) is 80.2 Å². The van der Waals surface area contributed by atoms with Crippen molar-refractivity contribution < 1.29 is 0 Å². The molecule has 0 aliphatic rings. The number of hydrogen-bond acceptors (Lipinski definition) is 3. The molecule has 3 nitrogen and oxygen atoms in total. The molecule has 0 bridgehead atoms. The first-order valence-electron chi connectivity index (χ1n) is 12.6. The Morgan fingerprint density at radius 3 is 2.16 bits per heavy atom. The fourth-order valence-corrected chi connectivity index (χ4v) is 5.19. The van der Waals surface area contributed by atoms with Crippen LogP contribution >= 0.6 is 0 Å². The van der Waals surface area contributed by atoms with Crippen LogP contribution in [0.3, 0.4) is 0 Å². The van der Waals surface area contributed by atoms with Crippen molar-refractivity contribution in [2.75, 3.05) is 0 Å². The second-order valence-electron chi connectivity index (χ2n) is 9.43. The molecular weight excluding hydrogens is 462 g/mol. The van der Waals surface area contributed by atoms with Crippen molar-refractivity contribution in [3.05, 3.63) is 133 Å². The summed E-state index contributed by atoms with van der Waals surface area (Å²) in [4.78, 5) is 9.58. The predicted molar refractivity (Wildman–Crippen MR) is 156 cm³/mol.